The molecule has 4 rings (SSSR count). The summed E-state index contributed by atoms with van der Waals surface area (Å²) < 4.78 is 0. The molecule has 1 aliphatic rings. The minimum Gasteiger partial charge on any atom is -0.337 e. The number of hydrogen-bond acceptors (Lipinski definition) is 4. The largest absolute Gasteiger partial charge is 0.337 e. The molecule has 29 heavy (non-hydrogen) atoms. The highest BCUT2D eigenvalue weighted by atomic mass is 16.2. The fourth-order valence-corrected chi connectivity index (χ4v) is 3.47. The van der Waals surface area contributed by atoms with Crippen molar-refractivity contribution in [3.63, 3.8) is 0 Å². The standard InChI is InChI=1S/C22H23N5O2/c1-15-5-7-17(8-6-15)24-21(28)16-9-12-27(13-10-16)22(29)20-14-19(25-26-20)18-4-2-3-11-23-18/h2-8,11,14,16H,9-10,12-13H2,1H3,(H,24,28)(H,25,26). The summed E-state index contributed by atoms with van der Waals surface area (Å²) in [6.07, 6.45) is 2.98. The maximum atomic E-state index is 12.8. The van der Waals surface area contributed by atoms with Crippen LogP contribution in [0.5, 0.6) is 0 Å². The van der Waals surface area contributed by atoms with Crippen LogP contribution in [0.15, 0.2) is 54.7 Å². The highest BCUT2D eigenvalue weighted by Gasteiger charge is 2.28. The van der Waals surface area contributed by atoms with Gasteiger partial charge in [0.05, 0.1) is 5.69 Å². The average molecular weight is 389 g/mol. The second-order valence-electron chi connectivity index (χ2n) is 7.30. The lowest BCUT2D eigenvalue weighted by molar-refractivity contribution is -0.121. The summed E-state index contributed by atoms with van der Waals surface area (Å²) >= 11 is 0. The number of nitrogens with zero attached hydrogens (tertiary/aromatic N) is 3. The van der Waals surface area contributed by atoms with Gasteiger partial charge in [0.15, 0.2) is 0 Å². The van der Waals surface area contributed by atoms with Crippen molar-refractivity contribution in [2.24, 2.45) is 5.92 Å². The van der Waals surface area contributed by atoms with E-state index in [1.807, 2.05) is 49.4 Å². The minimum atomic E-state index is -0.0999. The van der Waals surface area contributed by atoms with Gasteiger partial charge in [-0.1, -0.05) is 23.8 Å². The summed E-state index contributed by atoms with van der Waals surface area (Å²) in [6, 6.07) is 15.0. The second kappa shape index (κ2) is 8.26. The van der Waals surface area contributed by atoms with Gasteiger partial charge in [-0.2, -0.15) is 5.10 Å². The Morgan fingerprint density at radius 2 is 1.83 bits per heavy atom. The predicted molar refractivity (Wildman–Crippen MR) is 110 cm³/mol. The van der Waals surface area contributed by atoms with Crippen LogP contribution in [0.1, 0.15) is 28.9 Å². The number of rotatable bonds is 4. The zero-order valence-electron chi connectivity index (χ0n) is 16.3. The number of hydrogen-bond donors (Lipinski definition) is 2. The smallest absolute Gasteiger partial charge is 0.271 e. The molecule has 2 amide bonds. The van der Waals surface area contributed by atoms with Crippen LogP contribution in [0.3, 0.4) is 0 Å². The van der Waals surface area contributed by atoms with Gasteiger partial charge >= 0.3 is 0 Å². The predicted octanol–water partition coefficient (Wildman–Crippen LogP) is 3.27. The first-order chi connectivity index (χ1) is 14.1. The van der Waals surface area contributed by atoms with Gasteiger partial charge in [0.25, 0.3) is 5.91 Å². The van der Waals surface area contributed by atoms with Crippen LogP contribution >= 0.6 is 0 Å². The van der Waals surface area contributed by atoms with Gasteiger partial charge in [-0.15, -0.1) is 0 Å². The quantitative estimate of drug-likeness (QED) is 0.716. The number of benzene rings is 1. The van der Waals surface area contributed by atoms with Crippen LogP contribution < -0.4 is 5.32 Å². The van der Waals surface area contributed by atoms with E-state index in [1.54, 1.807) is 17.2 Å². The monoisotopic (exact) mass is 389 g/mol. The third-order valence-electron chi connectivity index (χ3n) is 5.21. The van der Waals surface area contributed by atoms with Crippen LogP contribution in [-0.4, -0.2) is 45.0 Å². The molecular weight excluding hydrogens is 366 g/mol. The van der Waals surface area contributed by atoms with Gasteiger partial charge in [-0.25, -0.2) is 0 Å². The Morgan fingerprint density at radius 3 is 2.52 bits per heavy atom. The van der Waals surface area contributed by atoms with Crippen molar-refractivity contribution in [2.75, 3.05) is 18.4 Å². The Morgan fingerprint density at radius 1 is 1.07 bits per heavy atom. The van der Waals surface area contributed by atoms with E-state index in [-0.39, 0.29) is 17.7 Å². The van der Waals surface area contributed by atoms with Crippen LogP contribution in [0, 0.1) is 12.8 Å². The molecule has 2 aromatic heterocycles. The molecule has 1 fully saturated rings. The van der Waals surface area contributed by atoms with Crippen molar-refractivity contribution in [3.8, 4) is 11.4 Å². The first-order valence-electron chi connectivity index (χ1n) is 9.74. The van der Waals surface area contributed by atoms with E-state index in [0.29, 0.717) is 43.0 Å². The second-order valence-corrected chi connectivity index (χ2v) is 7.30. The Balaban J connectivity index is 1.33. The van der Waals surface area contributed by atoms with E-state index in [1.165, 1.54) is 0 Å². The molecule has 0 radical (unpaired) electrons. The van der Waals surface area contributed by atoms with E-state index >= 15 is 0 Å². The molecular formula is C22H23N5O2. The molecule has 0 saturated carbocycles. The molecule has 1 aliphatic heterocycles. The number of H-pyrrole nitrogens is 1. The summed E-state index contributed by atoms with van der Waals surface area (Å²) in [4.78, 5) is 31.3. The zero-order valence-corrected chi connectivity index (χ0v) is 16.3. The fraction of sp³-hybridized carbons (Fsp3) is 0.273. The number of likely N-dealkylation sites (tertiary alicyclic amines) is 1. The van der Waals surface area contributed by atoms with E-state index < -0.39 is 0 Å². The van der Waals surface area contributed by atoms with E-state index in [0.717, 1.165) is 11.3 Å². The lowest BCUT2D eigenvalue weighted by Gasteiger charge is -2.31. The zero-order chi connectivity index (χ0) is 20.2. The Hall–Kier alpha value is -3.48. The number of amides is 2. The summed E-state index contributed by atoms with van der Waals surface area (Å²) in [5.41, 5.74) is 3.75. The molecule has 3 aromatic rings. The topological polar surface area (TPSA) is 91.0 Å². The number of aromatic amines is 1. The Kier molecular flexibility index (Phi) is 5.37. The first-order valence-corrected chi connectivity index (χ1v) is 9.74. The number of carbonyl (C=O) groups is 2. The van der Waals surface area contributed by atoms with Gasteiger partial charge in [0, 0.05) is 30.9 Å². The van der Waals surface area contributed by atoms with E-state index in [4.69, 9.17) is 0 Å². The SMILES string of the molecule is Cc1ccc(NC(=O)C2CCN(C(=O)c3cc(-c4ccccn4)n[nH]3)CC2)cc1. The molecule has 0 bridgehead atoms. The maximum Gasteiger partial charge on any atom is 0.271 e. The summed E-state index contributed by atoms with van der Waals surface area (Å²) in [5, 5.41) is 9.98. The molecule has 3 heterocycles. The normalized spacial score (nSPS) is 14.6. The Bertz CT molecular complexity index is 990. The summed E-state index contributed by atoms with van der Waals surface area (Å²) in [7, 11) is 0. The molecule has 0 unspecified atom stereocenters. The molecule has 7 heteroatoms. The number of nitrogens with one attached hydrogen (secondary N) is 2. The van der Waals surface area contributed by atoms with Gasteiger partial charge < -0.3 is 10.2 Å². The molecule has 0 aliphatic carbocycles. The molecule has 0 atom stereocenters. The molecule has 1 saturated heterocycles. The average Bonchev–Trinajstić information content (AvgIpc) is 3.26. The van der Waals surface area contributed by atoms with Gasteiger partial charge in [0.2, 0.25) is 5.91 Å². The van der Waals surface area contributed by atoms with Gasteiger partial charge in [-0.3, -0.25) is 19.7 Å². The molecule has 148 valence electrons. The van der Waals surface area contributed by atoms with Crippen LogP contribution in [-0.2, 0) is 4.79 Å². The van der Waals surface area contributed by atoms with Crippen molar-refractivity contribution in [1.29, 1.82) is 0 Å². The number of anilines is 1. The van der Waals surface area contributed by atoms with Gasteiger partial charge in [0.1, 0.15) is 11.4 Å². The highest BCUT2D eigenvalue weighted by Crippen LogP contribution is 2.22. The number of aromatic nitrogens is 3. The Labute approximate surface area is 169 Å². The van der Waals surface area contributed by atoms with Crippen LogP contribution in [0.25, 0.3) is 11.4 Å². The fourth-order valence-electron chi connectivity index (χ4n) is 3.47. The summed E-state index contributed by atoms with van der Waals surface area (Å²) in [5.74, 6) is -0.178. The molecule has 7 nitrogen and oxygen atoms in total. The third-order valence-corrected chi connectivity index (χ3v) is 5.21. The third kappa shape index (κ3) is 4.34. The lowest BCUT2D eigenvalue weighted by atomic mass is 9.95. The highest BCUT2D eigenvalue weighted by molar-refractivity contribution is 5.94. The minimum absolute atomic E-state index is 0.0138. The first kappa shape index (κ1) is 18.9. The van der Waals surface area contributed by atoms with Crippen LogP contribution in [0.4, 0.5) is 5.69 Å². The molecule has 1 aromatic carbocycles. The van der Waals surface area contributed by atoms with Crippen molar-refractivity contribution >= 4 is 17.5 Å². The van der Waals surface area contributed by atoms with E-state index in [9.17, 15) is 9.59 Å². The van der Waals surface area contributed by atoms with Crippen molar-refractivity contribution in [3.05, 3.63) is 66.0 Å². The number of aryl methyl sites for hydroxylation is 1. The van der Waals surface area contributed by atoms with Crippen molar-refractivity contribution < 1.29 is 9.59 Å². The lowest BCUT2D eigenvalue weighted by Crippen LogP contribution is -2.41. The van der Waals surface area contributed by atoms with Crippen molar-refractivity contribution in [1.82, 2.24) is 20.1 Å². The van der Waals surface area contributed by atoms with Crippen molar-refractivity contribution in [2.45, 2.75) is 19.8 Å². The maximum absolute atomic E-state index is 12.8. The van der Waals surface area contributed by atoms with Crippen LogP contribution in [0.2, 0.25) is 0 Å². The molecule has 0 spiro atoms. The summed E-state index contributed by atoms with van der Waals surface area (Å²) in [6.45, 7) is 3.10. The van der Waals surface area contributed by atoms with Gasteiger partial charge in [-0.05, 0) is 50.1 Å². The number of carbonyl (C=O) groups excluding carboxylic acids is 2. The number of pyridine rings is 1. The van der Waals surface area contributed by atoms with E-state index in [2.05, 4.69) is 20.5 Å². The number of piperidine rings is 1. The molecule has 2 N–H and O–H groups in total.